The molecule has 1 saturated heterocycles. The zero-order valence-corrected chi connectivity index (χ0v) is 15.4. The van der Waals surface area contributed by atoms with Crippen LogP contribution in [0, 0.1) is 0 Å². The van der Waals surface area contributed by atoms with Gasteiger partial charge < -0.3 is 15.0 Å². The van der Waals surface area contributed by atoms with Gasteiger partial charge in [-0.3, -0.25) is 9.59 Å². The van der Waals surface area contributed by atoms with E-state index in [4.69, 9.17) is 4.74 Å². The summed E-state index contributed by atoms with van der Waals surface area (Å²) >= 11 is 0. The van der Waals surface area contributed by atoms with Crippen molar-refractivity contribution in [2.45, 2.75) is 46.3 Å². The van der Waals surface area contributed by atoms with E-state index in [0.29, 0.717) is 25.3 Å². The molecular weight excluding hydrogens is 316 g/mol. The first-order valence-electron chi connectivity index (χ1n) is 8.92. The van der Waals surface area contributed by atoms with Crippen LogP contribution >= 0.6 is 0 Å². The molecular formula is C20H28N2O3. The van der Waals surface area contributed by atoms with Gasteiger partial charge in [-0.1, -0.05) is 17.7 Å². The zero-order chi connectivity index (χ0) is 18.2. The van der Waals surface area contributed by atoms with Gasteiger partial charge in [0.25, 0.3) is 5.91 Å². The molecule has 0 aromatic heterocycles. The quantitative estimate of drug-likeness (QED) is 0.807. The third-order valence-corrected chi connectivity index (χ3v) is 4.16. The third-order valence-electron chi connectivity index (χ3n) is 4.16. The average Bonchev–Trinajstić information content (AvgIpc) is 2.60. The van der Waals surface area contributed by atoms with E-state index in [0.717, 1.165) is 30.5 Å². The summed E-state index contributed by atoms with van der Waals surface area (Å²) in [6.07, 6.45) is 3.71. The topological polar surface area (TPSA) is 58.6 Å². The Hall–Kier alpha value is -2.14. The second kappa shape index (κ2) is 9.37. The molecule has 1 aliphatic heterocycles. The maximum Gasteiger partial charge on any atom is 0.253 e. The predicted molar refractivity (Wildman–Crippen MR) is 98.3 cm³/mol. The molecule has 1 aromatic rings. The number of nitrogens with one attached hydrogen (secondary N) is 1. The number of rotatable bonds is 6. The minimum Gasteiger partial charge on any atom is -0.377 e. The lowest BCUT2D eigenvalue weighted by Gasteiger charge is -2.32. The van der Waals surface area contributed by atoms with Crippen LogP contribution in [0.4, 0.5) is 0 Å². The smallest absolute Gasteiger partial charge is 0.253 e. The summed E-state index contributed by atoms with van der Waals surface area (Å²) in [5.74, 6) is -0.0556. The van der Waals surface area contributed by atoms with E-state index in [1.165, 1.54) is 0 Å². The average molecular weight is 344 g/mol. The molecule has 2 rings (SSSR count). The van der Waals surface area contributed by atoms with Crippen molar-refractivity contribution in [1.29, 1.82) is 0 Å². The molecule has 1 N–H and O–H groups in total. The highest BCUT2D eigenvalue weighted by Gasteiger charge is 2.24. The Morgan fingerprint density at radius 1 is 1.28 bits per heavy atom. The van der Waals surface area contributed by atoms with Crippen LogP contribution in [0.5, 0.6) is 0 Å². The molecule has 0 saturated carbocycles. The van der Waals surface area contributed by atoms with Crippen LogP contribution < -0.4 is 5.32 Å². The second-order valence-electron chi connectivity index (χ2n) is 6.61. The normalized spacial score (nSPS) is 17.1. The highest BCUT2D eigenvalue weighted by Crippen LogP contribution is 2.16. The van der Waals surface area contributed by atoms with Crippen molar-refractivity contribution >= 4 is 11.8 Å². The molecule has 1 aliphatic rings. The van der Waals surface area contributed by atoms with Crippen molar-refractivity contribution in [2.75, 3.05) is 19.7 Å². The van der Waals surface area contributed by atoms with Crippen molar-refractivity contribution in [3.05, 3.63) is 47.0 Å². The van der Waals surface area contributed by atoms with Gasteiger partial charge in [-0.2, -0.15) is 0 Å². The van der Waals surface area contributed by atoms with E-state index < -0.39 is 0 Å². The molecule has 0 spiro atoms. The van der Waals surface area contributed by atoms with Crippen molar-refractivity contribution in [2.24, 2.45) is 0 Å². The van der Waals surface area contributed by atoms with Crippen molar-refractivity contribution in [3.63, 3.8) is 0 Å². The molecule has 0 aliphatic carbocycles. The largest absolute Gasteiger partial charge is 0.377 e. The highest BCUT2D eigenvalue weighted by atomic mass is 16.5. The number of allylic oxidation sites excluding steroid dienone is 1. The Bertz CT molecular complexity index is 616. The van der Waals surface area contributed by atoms with Gasteiger partial charge >= 0.3 is 0 Å². The first-order chi connectivity index (χ1) is 12.0. The highest BCUT2D eigenvalue weighted by molar-refractivity contribution is 5.94. The number of carbonyl (C=O) groups is 2. The number of nitrogens with zero attached hydrogens (tertiary/aromatic N) is 1. The number of ether oxygens (including phenoxy) is 1. The van der Waals surface area contributed by atoms with Gasteiger partial charge in [0.1, 0.15) is 0 Å². The molecule has 5 heteroatoms. The van der Waals surface area contributed by atoms with Crippen LogP contribution in [-0.2, 0) is 16.1 Å². The van der Waals surface area contributed by atoms with Crippen LogP contribution in [0.25, 0.3) is 0 Å². The Morgan fingerprint density at radius 2 is 2.00 bits per heavy atom. The van der Waals surface area contributed by atoms with Gasteiger partial charge in [0.2, 0.25) is 5.91 Å². The lowest BCUT2D eigenvalue weighted by Crippen LogP contribution is -2.43. The maximum absolute atomic E-state index is 12.6. The Kier molecular flexibility index (Phi) is 7.19. The number of likely N-dealkylation sites (tertiary alicyclic amines) is 1. The van der Waals surface area contributed by atoms with Crippen LogP contribution in [0.3, 0.4) is 0 Å². The minimum absolute atomic E-state index is 0.0459. The molecule has 1 fully saturated rings. The molecule has 0 bridgehead atoms. The van der Waals surface area contributed by atoms with Crippen molar-refractivity contribution in [1.82, 2.24) is 10.2 Å². The summed E-state index contributed by atoms with van der Waals surface area (Å²) in [4.78, 5) is 26.1. The fraction of sp³-hybridized carbons (Fsp3) is 0.500. The molecule has 1 heterocycles. The standard InChI is InChI=1S/C20H28N2O3/c1-4-25-18-6-5-11-22(14-18)20(24)17-9-7-16(8-10-17)13-21-19(23)12-15(2)3/h7-10,12,18H,4-6,11,13-14H2,1-3H3,(H,21,23). The second-order valence-corrected chi connectivity index (χ2v) is 6.61. The predicted octanol–water partition coefficient (Wildman–Crippen LogP) is 2.91. The molecule has 136 valence electrons. The van der Waals surface area contributed by atoms with Crippen LogP contribution in [-0.4, -0.2) is 42.5 Å². The third kappa shape index (κ3) is 6.02. The number of piperidine rings is 1. The zero-order valence-electron chi connectivity index (χ0n) is 15.4. The van der Waals surface area contributed by atoms with Crippen LogP contribution in [0.15, 0.2) is 35.9 Å². The van der Waals surface area contributed by atoms with Gasteiger partial charge in [0.05, 0.1) is 6.10 Å². The van der Waals surface area contributed by atoms with E-state index in [9.17, 15) is 9.59 Å². The van der Waals surface area contributed by atoms with Gasteiger partial charge in [-0.15, -0.1) is 0 Å². The van der Waals surface area contributed by atoms with Crippen LogP contribution in [0.1, 0.15) is 49.5 Å². The van der Waals surface area contributed by atoms with E-state index in [1.807, 2.05) is 49.9 Å². The lowest BCUT2D eigenvalue weighted by molar-refractivity contribution is -0.116. The van der Waals surface area contributed by atoms with Gasteiger partial charge in [0.15, 0.2) is 0 Å². The Balaban J connectivity index is 1.91. The fourth-order valence-electron chi connectivity index (χ4n) is 2.94. The first kappa shape index (κ1) is 19.2. The summed E-state index contributed by atoms with van der Waals surface area (Å²) in [5.41, 5.74) is 2.61. The molecule has 1 unspecified atom stereocenters. The molecule has 1 aromatic carbocycles. The van der Waals surface area contributed by atoms with E-state index >= 15 is 0 Å². The first-order valence-corrected chi connectivity index (χ1v) is 8.92. The van der Waals surface area contributed by atoms with E-state index in [1.54, 1.807) is 6.08 Å². The molecule has 2 amide bonds. The van der Waals surface area contributed by atoms with Crippen molar-refractivity contribution in [3.8, 4) is 0 Å². The Labute approximate surface area is 150 Å². The molecule has 0 radical (unpaired) electrons. The van der Waals surface area contributed by atoms with Crippen LogP contribution in [0.2, 0.25) is 0 Å². The summed E-state index contributed by atoms with van der Waals surface area (Å²) in [6.45, 7) is 8.33. The molecule has 1 atom stereocenters. The number of hydrogen-bond acceptors (Lipinski definition) is 3. The van der Waals surface area contributed by atoms with E-state index in [2.05, 4.69) is 5.32 Å². The number of benzene rings is 1. The molecule has 25 heavy (non-hydrogen) atoms. The van der Waals surface area contributed by atoms with E-state index in [-0.39, 0.29) is 17.9 Å². The van der Waals surface area contributed by atoms with Gasteiger partial charge in [-0.25, -0.2) is 0 Å². The SMILES string of the molecule is CCOC1CCCN(C(=O)c2ccc(CNC(=O)C=C(C)C)cc2)C1. The summed E-state index contributed by atoms with van der Waals surface area (Å²) < 4.78 is 5.66. The monoisotopic (exact) mass is 344 g/mol. The van der Waals surface area contributed by atoms with Crippen molar-refractivity contribution < 1.29 is 14.3 Å². The number of hydrogen-bond donors (Lipinski definition) is 1. The number of carbonyl (C=O) groups excluding carboxylic acids is 2. The number of amides is 2. The fourth-order valence-corrected chi connectivity index (χ4v) is 2.94. The molecule has 5 nitrogen and oxygen atoms in total. The summed E-state index contributed by atoms with van der Waals surface area (Å²) in [6, 6.07) is 7.43. The van der Waals surface area contributed by atoms with Gasteiger partial charge in [0, 0.05) is 37.9 Å². The summed E-state index contributed by atoms with van der Waals surface area (Å²) in [7, 11) is 0. The maximum atomic E-state index is 12.6. The van der Waals surface area contributed by atoms with Gasteiger partial charge in [-0.05, 0) is 51.3 Å². The lowest BCUT2D eigenvalue weighted by atomic mass is 10.1. The minimum atomic E-state index is -0.101. The summed E-state index contributed by atoms with van der Waals surface area (Å²) in [5, 5.41) is 2.83. The Morgan fingerprint density at radius 3 is 2.64 bits per heavy atom.